The van der Waals surface area contributed by atoms with E-state index < -0.39 is 23.6 Å². The third kappa shape index (κ3) is 7.26. The Bertz CT molecular complexity index is 1380. The molecule has 0 radical (unpaired) electrons. The number of likely N-dealkylation sites (tertiary alicyclic amines) is 1. The maximum absolute atomic E-state index is 13.3. The lowest BCUT2D eigenvalue weighted by Gasteiger charge is -2.34. The number of esters is 2. The molecule has 2 aliphatic rings. The second kappa shape index (κ2) is 13.4. The Morgan fingerprint density at radius 2 is 1.51 bits per heavy atom. The van der Waals surface area contributed by atoms with Crippen molar-refractivity contribution in [1.29, 1.82) is 0 Å². The molecule has 2 heterocycles. The highest BCUT2D eigenvalue weighted by molar-refractivity contribution is 5.96. The van der Waals surface area contributed by atoms with Gasteiger partial charge in [0, 0.05) is 36.7 Å². The summed E-state index contributed by atoms with van der Waals surface area (Å²) < 4.78 is 49.6. The summed E-state index contributed by atoms with van der Waals surface area (Å²) in [5.74, 6) is -2.26. The lowest BCUT2D eigenvalue weighted by molar-refractivity contribution is -0.149. The third-order valence-corrected chi connectivity index (χ3v) is 7.90. The monoisotopic (exact) mass is 600 g/mol. The molecule has 0 N–H and O–H groups in total. The lowest BCUT2D eigenvalue weighted by Crippen LogP contribution is -2.40. The van der Waals surface area contributed by atoms with E-state index in [1.807, 2.05) is 0 Å². The van der Waals surface area contributed by atoms with E-state index >= 15 is 0 Å². The van der Waals surface area contributed by atoms with Crippen molar-refractivity contribution < 1.29 is 41.8 Å². The third-order valence-electron chi connectivity index (χ3n) is 7.90. The van der Waals surface area contributed by atoms with Crippen molar-refractivity contribution in [3.63, 3.8) is 0 Å². The summed E-state index contributed by atoms with van der Waals surface area (Å²) in [6.45, 7) is 6.49. The van der Waals surface area contributed by atoms with Gasteiger partial charge >= 0.3 is 18.1 Å². The highest BCUT2D eigenvalue weighted by Crippen LogP contribution is 2.39. The van der Waals surface area contributed by atoms with Gasteiger partial charge in [-0.2, -0.15) is 13.2 Å². The second-order valence-corrected chi connectivity index (χ2v) is 10.6. The molecule has 2 aromatic carbocycles. The molecule has 1 atom stereocenters. The number of carbonyl (C=O) groups is 4. The predicted molar refractivity (Wildman–Crippen MR) is 150 cm³/mol. The number of allylic oxidation sites excluding steroid dienone is 1. The highest BCUT2D eigenvalue weighted by atomic mass is 19.4. The van der Waals surface area contributed by atoms with Crippen LogP contribution in [0.1, 0.15) is 73.0 Å². The first kappa shape index (κ1) is 31.8. The molecule has 1 fully saturated rings. The molecule has 0 aromatic heterocycles. The first-order valence-electron chi connectivity index (χ1n) is 14.3. The van der Waals surface area contributed by atoms with Gasteiger partial charge in [-0.1, -0.05) is 24.3 Å². The lowest BCUT2D eigenvalue weighted by atomic mass is 9.83. The number of nitrogens with zero attached hydrogens (tertiary/aromatic N) is 2. The predicted octanol–water partition coefficient (Wildman–Crippen LogP) is 5.47. The van der Waals surface area contributed by atoms with Crippen molar-refractivity contribution in [2.75, 3.05) is 26.3 Å². The second-order valence-electron chi connectivity index (χ2n) is 10.6. The van der Waals surface area contributed by atoms with E-state index in [0.29, 0.717) is 49.4 Å². The zero-order valence-electron chi connectivity index (χ0n) is 24.4. The van der Waals surface area contributed by atoms with E-state index in [9.17, 15) is 32.3 Å². The van der Waals surface area contributed by atoms with Crippen molar-refractivity contribution in [2.24, 2.45) is 5.92 Å². The molecule has 2 aliphatic heterocycles. The minimum absolute atomic E-state index is 0.0965. The van der Waals surface area contributed by atoms with Gasteiger partial charge in [-0.15, -0.1) is 0 Å². The number of carbonyl (C=O) groups excluding carboxylic acids is 4. The standard InChI is InChI=1S/C32H35F3N2O6/c1-4-42-30(40)24-14-16-36(17-15-24)29(39)23-8-6-21(7-9-23)19-37-20(3)28(31(41)43-5-2)26(18-27(37)38)22-10-12-25(13-11-22)32(33,34)35/h6-13,24,26H,4-5,14-19H2,1-3H3. The Morgan fingerprint density at radius 1 is 0.907 bits per heavy atom. The minimum atomic E-state index is -4.51. The summed E-state index contributed by atoms with van der Waals surface area (Å²) in [7, 11) is 0. The minimum Gasteiger partial charge on any atom is -0.466 e. The number of hydrogen-bond acceptors (Lipinski definition) is 6. The van der Waals surface area contributed by atoms with E-state index in [0.717, 1.165) is 17.7 Å². The Labute approximate surface area is 248 Å². The smallest absolute Gasteiger partial charge is 0.416 e. The fraction of sp³-hybridized carbons (Fsp3) is 0.438. The summed E-state index contributed by atoms with van der Waals surface area (Å²) >= 11 is 0. The van der Waals surface area contributed by atoms with Gasteiger partial charge in [0.05, 0.1) is 36.8 Å². The largest absolute Gasteiger partial charge is 0.466 e. The van der Waals surface area contributed by atoms with Gasteiger partial charge in [0.25, 0.3) is 5.91 Å². The van der Waals surface area contributed by atoms with E-state index in [2.05, 4.69) is 0 Å². The quantitative estimate of drug-likeness (QED) is 0.373. The molecule has 8 nitrogen and oxygen atoms in total. The van der Waals surface area contributed by atoms with Gasteiger partial charge in [0.2, 0.25) is 5.91 Å². The van der Waals surface area contributed by atoms with Gasteiger partial charge in [-0.3, -0.25) is 14.4 Å². The number of alkyl halides is 3. The Kier molecular flexibility index (Phi) is 9.93. The molecule has 0 spiro atoms. The number of rotatable bonds is 8. The molecule has 2 amide bonds. The van der Waals surface area contributed by atoms with Crippen molar-refractivity contribution in [3.8, 4) is 0 Å². The van der Waals surface area contributed by atoms with Crippen LogP contribution in [-0.2, 0) is 36.6 Å². The SMILES string of the molecule is CCOC(=O)C1=C(C)N(Cc2ccc(C(=O)N3CCC(C(=O)OCC)CC3)cc2)C(=O)CC1c1ccc(C(F)(F)F)cc1. The van der Waals surface area contributed by atoms with Crippen molar-refractivity contribution in [1.82, 2.24) is 9.80 Å². The maximum Gasteiger partial charge on any atom is 0.416 e. The van der Waals surface area contributed by atoms with E-state index in [4.69, 9.17) is 9.47 Å². The van der Waals surface area contributed by atoms with Crippen LogP contribution in [0.5, 0.6) is 0 Å². The summed E-state index contributed by atoms with van der Waals surface area (Å²) in [4.78, 5) is 54.5. The van der Waals surface area contributed by atoms with E-state index in [1.54, 1.807) is 49.9 Å². The zero-order valence-corrected chi connectivity index (χ0v) is 24.4. The zero-order chi connectivity index (χ0) is 31.3. The topological polar surface area (TPSA) is 93.2 Å². The number of piperidine rings is 1. The fourth-order valence-corrected chi connectivity index (χ4v) is 5.56. The number of amides is 2. The summed E-state index contributed by atoms with van der Waals surface area (Å²) in [5.41, 5.74) is 1.38. The molecule has 0 aliphatic carbocycles. The van der Waals surface area contributed by atoms with Crippen LogP contribution in [0.3, 0.4) is 0 Å². The van der Waals surface area contributed by atoms with Crippen LogP contribution in [0.25, 0.3) is 0 Å². The van der Waals surface area contributed by atoms with Crippen molar-refractivity contribution in [3.05, 3.63) is 82.1 Å². The molecule has 0 saturated carbocycles. The van der Waals surface area contributed by atoms with Crippen LogP contribution in [0.4, 0.5) is 13.2 Å². The van der Waals surface area contributed by atoms with Gasteiger partial charge in [-0.25, -0.2) is 4.79 Å². The van der Waals surface area contributed by atoms with Crippen LogP contribution in [0, 0.1) is 5.92 Å². The average molecular weight is 601 g/mol. The number of benzene rings is 2. The first-order valence-corrected chi connectivity index (χ1v) is 14.3. The molecule has 1 saturated heterocycles. The summed E-state index contributed by atoms with van der Waals surface area (Å²) in [6, 6.07) is 11.3. The van der Waals surface area contributed by atoms with Crippen LogP contribution < -0.4 is 0 Å². The fourth-order valence-electron chi connectivity index (χ4n) is 5.56. The molecule has 230 valence electrons. The van der Waals surface area contributed by atoms with Crippen molar-refractivity contribution >= 4 is 23.8 Å². The van der Waals surface area contributed by atoms with Crippen LogP contribution in [0.2, 0.25) is 0 Å². The molecule has 4 rings (SSSR count). The first-order chi connectivity index (χ1) is 20.4. The Morgan fingerprint density at radius 3 is 2.07 bits per heavy atom. The highest BCUT2D eigenvalue weighted by Gasteiger charge is 2.38. The summed E-state index contributed by atoms with van der Waals surface area (Å²) in [5, 5.41) is 0. The van der Waals surface area contributed by atoms with Crippen LogP contribution >= 0.6 is 0 Å². The molecular formula is C32H35F3N2O6. The number of hydrogen-bond donors (Lipinski definition) is 0. The van der Waals surface area contributed by atoms with Gasteiger partial charge in [0.1, 0.15) is 0 Å². The number of ether oxygens (including phenoxy) is 2. The van der Waals surface area contributed by atoms with E-state index in [1.165, 1.54) is 17.0 Å². The summed E-state index contributed by atoms with van der Waals surface area (Å²) in [6.07, 6.45) is -3.53. The molecule has 43 heavy (non-hydrogen) atoms. The Hall–Kier alpha value is -4.15. The number of halogens is 3. The molecule has 0 bridgehead atoms. The molecule has 1 unspecified atom stereocenters. The molecule has 11 heteroatoms. The van der Waals surface area contributed by atoms with Crippen LogP contribution in [-0.4, -0.2) is 59.9 Å². The van der Waals surface area contributed by atoms with Gasteiger partial charge in [-0.05, 0) is 69.0 Å². The van der Waals surface area contributed by atoms with Crippen LogP contribution in [0.15, 0.2) is 59.8 Å². The normalized spacial score (nSPS) is 18.1. The van der Waals surface area contributed by atoms with E-state index in [-0.39, 0.29) is 48.8 Å². The molecule has 2 aromatic rings. The maximum atomic E-state index is 13.3. The van der Waals surface area contributed by atoms with Crippen molar-refractivity contribution in [2.45, 2.75) is 58.7 Å². The molecular weight excluding hydrogens is 565 g/mol. The van der Waals surface area contributed by atoms with Gasteiger partial charge in [0.15, 0.2) is 0 Å². The average Bonchev–Trinajstić information content (AvgIpc) is 2.99. The van der Waals surface area contributed by atoms with Gasteiger partial charge < -0.3 is 19.3 Å². The Balaban J connectivity index is 1.50.